The number of nitrogens with one attached hydrogen (secondary N) is 1. The highest BCUT2D eigenvalue weighted by Crippen LogP contribution is 2.20. The van der Waals surface area contributed by atoms with Crippen molar-refractivity contribution in [3.8, 4) is 0 Å². The van der Waals surface area contributed by atoms with Crippen LogP contribution in [0.25, 0.3) is 0 Å². The van der Waals surface area contributed by atoms with Gasteiger partial charge >= 0.3 is 0 Å². The van der Waals surface area contributed by atoms with Crippen LogP contribution < -0.4 is 5.32 Å². The fourth-order valence-corrected chi connectivity index (χ4v) is 2.92. The summed E-state index contributed by atoms with van der Waals surface area (Å²) in [5.41, 5.74) is 1.46. The van der Waals surface area contributed by atoms with Gasteiger partial charge in [0, 0.05) is 18.6 Å². The van der Waals surface area contributed by atoms with E-state index in [9.17, 15) is 0 Å². The van der Waals surface area contributed by atoms with Crippen LogP contribution >= 0.6 is 0 Å². The van der Waals surface area contributed by atoms with Crippen molar-refractivity contribution in [1.82, 2.24) is 10.2 Å². The number of hydrogen-bond donors (Lipinski definition) is 1. The molecule has 0 saturated carbocycles. The summed E-state index contributed by atoms with van der Waals surface area (Å²) in [5, 5.41) is 3.57. The number of nitrogens with zero attached hydrogens (tertiary/aromatic N) is 1. The SMILES string of the molecule is CC(C)NCC1CCN(C(C)Cc2ccccc2)C1. The predicted octanol–water partition coefficient (Wildman–Crippen LogP) is 2.94. The standard InChI is InChI=1S/C17H28N2/c1-14(2)18-12-17-9-10-19(13-17)15(3)11-16-7-5-4-6-8-16/h4-8,14-15,17-18H,9-13H2,1-3H3. The predicted molar refractivity (Wildman–Crippen MR) is 82.4 cm³/mol. The van der Waals surface area contributed by atoms with E-state index in [2.05, 4.69) is 61.3 Å². The second-order valence-electron chi connectivity index (χ2n) is 6.25. The van der Waals surface area contributed by atoms with Gasteiger partial charge in [-0.3, -0.25) is 4.90 Å². The van der Waals surface area contributed by atoms with Crippen LogP contribution in [0.1, 0.15) is 32.8 Å². The zero-order valence-electron chi connectivity index (χ0n) is 12.6. The summed E-state index contributed by atoms with van der Waals surface area (Å²) >= 11 is 0. The fourth-order valence-electron chi connectivity index (χ4n) is 2.92. The summed E-state index contributed by atoms with van der Waals surface area (Å²) in [6.45, 7) is 10.5. The third-order valence-electron chi connectivity index (χ3n) is 4.13. The van der Waals surface area contributed by atoms with E-state index in [-0.39, 0.29) is 0 Å². The summed E-state index contributed by atoms with van der Waals surface area (Å²) in [7, 11) is 0. The first kappa shape index (κ1) is 14.5. The van der Waals surface area contributed by atoms with Crippen LogP contribution in [-0.2, 0) is 6.42 Å². The van der Waals surface area contributed by atoms with Crippen molar-refractivity contribution >= 4 is 0 Å². The van der Waals surface area contributed by atoms with Gasteiger partial charge in [-0.05, 0) is 44.3 Å². The van der Waals surface area contributed by atoms with Crippen LogP contribution in [0, 0.1) is 5.92 Å². The Labute approximate surface area is 118 Å². The molecule has 1 heterocycles. The maximum Gasteiger partial charge on any atom is 0.0107 e. The highest BCUT2D eigenvalue weighted by Gasteiger charge is 2.25. The molecule has 2 unspecified atom stereocenters. The van der Waals surface area contributed by atoms with Crippen LogP contribution in [0.2, 0.25) is 0 Å². The lowest BCUT2D eigenvalue weighted by molar-refractivity contribution is 0.246. The molecule has 1 fully saturated rings. The molecule has 2 nitrogen and oxygen atoms in total. The van der Waals surface area contributed by atoms with Crippen LogP contribution in [0.15, 0.2) is 30.3 Å². The van der Waals surface area contributed by atoms with Crippen molar-refractivity contribution in [1.29, 1.82) is 0 Å². The summed E-state index contributed by atoms with van der Waals surface area (Å²) < 4.78 is 0. The monoisotopic (exact) mass is 260 g/mol. The highest BCUT2D eigenvalue weighted by atomic mass is 15.2. The highest BCUT2D eigenvalue weighted by molar-refractivity contribution is 5.15. The van der Waals surface area contributed by atoms with E-state index < -0.39 is 0 Å². The maximum atomic E-state index is 3.57. The molecule has 0 spiro atoms. The van der Waals surface area contributed by atoms with E-state index in [1.807, 2.05) is 0 Å². The molecule has 0 aliphatic carbocycles. The molecule has 1 aromatic rings. The van der Waals surface area contributed by atoms with Gasteiger partial charge in [0.1, 0.15) is 0 Å². The van der Waals surface area contributed by atoms with Gasteiger partial charge < -0.3 is 5.32 Å². The van der Waals surface area contributed by atoms with Crippen molar-refractivity contribution in [3.63, 3.8) is 0 Å². The lowest BCUT2D eigenvalue weighted by Crippen LogP contribution is -2.35. The molecule has 2 atom stereocenters. The van der Waals surface area contributed by atoms with E-state index in [4.69, 9.17) is 0 Å². The topological polar surface area (TPSA) is 15.3 Å². The quantitative estimate of drug-likeness (QED) is 0.846. The molecule has 2 heteroatoms. The molecule has 19 heavy (non-hydrogen) atoms. The minimum Gasteiger partial charge on any atom is -0.314 e. The number of benzene rings is 1. The average Bonchev–Trinajstić information content (AvgIpc) is 2.86. The van der Waals surface area contributed by atoms with Crippen molar-refractivity contribution in [2.45, 2.75) is 45.7 Å². The van der Waals surface area contributed by atoms with Crippen molar-refractivity contribution in [2.75, 3.05) is 19.6 Å². The number of rotatable bonds is 6. The maximum absolute atomic E-state index is 3.57. The molecule has 1 aliphatic heterocycles. The van der Waals surface area contributed by atoms with Crippen LogP contribution in [-0.4, -0.2) is 36.6 Å². The first-order valence-corrected chi connectivity index (χ1v) is 7.66. The molecule has 1 aliphatic rings. The van der Waals surface area contributed by atoms with Gasteiger partial charge in [0.15, 0.2) is 0 Å². The zero-order chi connectivity index (χ0) is 13.7. The molecule has 1 saturated heterocycles. The van der Waals surface area contributed by atoms with Gasteiger partial charge in [0.05, 0.1) is 0 Å². The molecule has 2 rings (SSSR count). The zero-order valence-corrected chi connectivity index (χ0v) is 12.6. The van der Waals surface area contributed by atoms with Gasteiger partial charge in [0.25, 0.3) is 0 Å². The first-order chi connectivity index (χ1) is 9.15. The Morgan fingerprint density at radius 3 is 2.63 bits per heavy atom. The Balaban J connectivity index is 1.77. The molecule has 106 valence electrons. The molecule has 1 N–H and O–H groups in total. The lowest BCUT2D eigenvalue weighted by Gasteiger charge is -2.24. The third-order valence-corrected chi connectivity index (χ3v) is 4.13. The summed E-state index contributed by atoms with van der Waals surface area (Å²) in [6.07, 6.45) is 2.52. The Morgan fingerprint density at radius 1 is 1.21 bits per heavy atom. The molecular weight excluding hydrogens is 232 g/mol. The minimum absolute atomic E-state index is 0.607. The van der Waals surface area contributed by atoms with E-state index >= 15 is 0 Å². The second-order valence-corrected chi connectivity index (χ2v) is 6.25. The molecule has 1 aromatic carbocycles. The molecule has 0 radical (unpaired) electrons. The Hall–Kier alpha value is -0.860. The van der Waals surface area contributed by atoms with Gasteiger partial charge in [-0.25, -0.2) is 0 Å². The van der Waals surface area contributed by atoms with E-state index in [0.29, 0.717) is 12.1 Å². The fraction of sp³-hybridized carbons (Fsp3) is 0.647. The summed E-state index contributed by atoms with van der Waals surface area (Å²) in [5.74, 6) is 0.834. The number of likely N-dealkylation sites (tertiary alicyclic amines) is 1. The number of hydrogen-bond acceptors (Lipinski definition) is 2. The third kappa shape index (κ3) is 4.63. The van der Waals surface area contributed by atoms with Gasteiger partial charge in [-0.1, -0.05) is 44.2 Å². The van der Waals surface area contributed by atoms with Gasteiger partial charge in [-0.2, -0.15) is 0 Å². The van der Waals surface area contributed by atoms with Crippen molar-refractivity contribution < 1.29 is 0 Å². The Bertz CT molecular complexity index is 361. The largest absolute Gasteiger partial charge is 0.314 e. The van der Waals surface area contributed by atoms with Crippen molar-refractivity contribution in [2.24, 2.45) is 5.92 Å². The molecule has 0 bridgehead atoms. The van der Waals surface area contributed by atoms with Crippen LogP contribution in [0.3, 0.4) is 0 Å². The second kappa shape index (κ2) is 7.06. The van der Waals surface area contributed by atoms with Gasteiger partial charge in [0.2, 0.25) is 0 Å². The smallest absolute Gasteiger partial charge is 0.0107 e. The lowest BCUT2D eigenvalue weighted by atomic mass is 10.1. The molecule has 0 aromatic heterocycles. The van der Waals surface area contributed by atoms with Crippen LogP contribution in [0.4, 0.5) is 0 Å². The summed E-state index contributed by atoms with van der Waals surface area (Å²) in [4.78, 5) is 2.65. The van der Waals surface area contributed by atoms with E-state index in [0.717, 1.165) is 5.92 Å². The van der Waals surface area contributed by atoms with Gasteiger partial charge in [-0.15, -0.1) is 0 Å². The molecular formula is C17H28N2. The first-order valence-electron chi connectivity index (χ1n) is 7.66. The molecule has 0 amide bonds. The summed E-state index contributed by atoms with van der Waals surface area (Å²) in [6, 6.07) is 12.1. The normalized spacial score (nSPS) is 22.0. The van der Waals surface area contributed by atoms with Crippen molar-refractivity contribution in [3.05, 3.63) is 35.9 Å². The average molecular weight is 260 g/mol. The Kier molecular flexibility index (Phi) is 5.41. The minimum atomic E-state index is 0.607. The van der Waals surface area contributed by atoms with E-state index in [1.54, 1.807) is 0 Å². The van der Waals surface area contributed by atoms with E-state index in [1.165, 1.54) is 38.0 Å². The van der Waals surface area contributed by atoms with Crippen LogP contribution in [0.5, 0.6) is 0 Å². The Morgan fingerprint density at radius 2 is 1.95 bits per heavy atom.